The third kappa shape index (κ3) is 4.31. The van der Waals surface area contributed by atoms with Crippen molar-refractivity contribution < 1.29 is 22.7 Å². The SMILES string of the molecule is Cc1ccc2c(c1)C(N1CCN(C(=O)C(C)(C)C)CC1)=Nc1cc(C(F)(F)F)ccc1O2. The minimum absolute atomic E-state index is 0.0831. The Balaban J connectivity index is 1.72. The first kappa shape index (κ1) is 22.2. The first-order valence-electron chi connectivity index (χ1n) is 10.6. The second-order valence-corrected chi connectivity index (χ2v) is 9.25. The monoisotopic (exact) mass is 445 g/mol. The van der Waals surface area contributed by atoms with E-state index in [1.807, 2.05) is 55.7 Å². The van der Waals surface area contributed by atoms with Crippen LogP contribution in [-0.2, 0) is 11.0 Å². The number of carbonyl (C=O) groups excluding carboxylic acids is 1. The quantitative estimate of drug-likeness (QED) is 0.546. The number of alkyl halides is 3. The van der Waals surface area contributed by atoms with Gasteiger partial charge < -0.3 is 14.5 Å². The Morgan fingerprint density at radius 2 is 1.62 bits per heavy atom. The van der Waals surface area contributed by atoms with Crippen LogP contribution in [0.25, 0.3) is 0 Å². The van der Waals surface area contributed by atoms with Crippen LogP contribution >= 0.6 is 0 Å². The molecule has 0 saturated carbocycles. The number of benzene rings is 2. The first-order chi connectivity index (χ1) is 14.9. The number of carbonyl (C=O) groups is 1. The molecule has 1 fully saturated rings. The Morgan fingerprint density at radius 3 is 2.25 bits per heavy atom. The molecule has 0 spiro atoms. The van der Waals surface area contributed by atoms with Crippen molar-refractivity contribution in [3.05, 3.63) is 53.1 Å². The largest absolute Gasteiger partial charge is 0.454 e. The molecule has 0 N–H and O–H groups in total. The number of aryl methyl sites for hydroxylation is 1. The summed E-state index contributed by atoms with van der Waals surface area (Å²) in [5.41, 5.74) is 0.614. The lowest BCUT2D eigenvalue weighted by molar-refractivity contribution is -0.140. The zero-order valence-electron chi connectivity index (χ0n) is 18.6. The summed E-state index contributed by atoms with van der Waals surface area (Å²) in [4.78, 5) is 21.1. The van der Waals surface area contributed by atoms with E-state index in [-0.39, 0.29) is 17.3 Å². The van der Waals surface area contributed by atoms with Gasteiger partial charge in [0.05, 0.1) is 11.1 Å². The van der Waals surface area contributed by atoms with Gasteiger partial charge in [-0.25, -0.2) is 4.99 Å². The molecule has 0 unspecified atom stereocenters. The maximum Gasteiger partial charge on any atom is 0.416 e. The number of amides is 1. The van der Waals surface area contributed by atoms with E-state index in [1.54, 1.807) is 0 Å². The summed E-state index contributed by atoms with van der Waals surface area (Å²) >= 11 is 0. The fourth-order valence-electron chi connectivity index (χ4n) is 3.90. The zero-order chi connectivity index (χ0) is 23.3. The van der Waals surface area contributed by atoms with Gasteiger partial charge in [-0.2, -0.15) is 13.2 Å². The average Bonchev–Trinajstić information content (AvgIpc) is 2.88. The van der Waals surface area contributed by atoms with E-state index >= 15 is 0 Å². The highest BCUT2D eigenvalue weighted by molar-refractivity contribution is 6.04. The molecule has 2 aliphatic rings. The standard InChI is InChI=1S/C24H26F3N3O2/c1-15-5-7-19-17(13-15)21(29-9-11-30(12-10-29)22(31)23(2,3)4)28-18-14-16(24(25,26)27)6-8-20(18)32-19/h5-8,13-14H,9-12H2,1-4H3. The van der Waals surface area contributed by atoms with E-state index in [0.29, 0.717) is 37.8 Å². The van der Waals surface area contributed by atoms with Crippen molar-refractivity contribution in [2.24, 2.45) is 10.4 Å². The van der Waals surface area contributed by atoms with Crippen molar-refractivity contribution >= 4 is 17.4 Å². The van der Waals surface area contributed by atoms with Crippen LogP contribution in [0.4, 0.5) is 18.9 Å². The van der Waals surface area contributed by atoms with Gasteiger partial charge in [-0.3, -0.25) is 4.79 Å². The normalized spacial score (nSPS) is 16.5. The number of fused-ring (bicyclic) bond motifs is 2. The molecular formula is C24H26F3N3O2. The number of halogens is 3. The van der Waals surface area contributed by atoms with Crippen LogP contribution in [-0.4, -0.2) is 47.7 Å². The van der Waals surface area contributed by atoms with Gasteiger partial charge in [-0.1, -0.05) is 32.4 Å². The van der Waals surface area contributed by atoms with Gasteiger partial charge in [0.2, 0.25) is 5.91 Å². The van der Waals surface area contributed by atoms with Crippen molar-refractivity contribution in [1.29, 1.82) is 0 Å². The highest BCUT2D eigenvalue weighted by atomic mass is 19.4. The van der Waals surface area contributed by atoms with Crippen LogP contribution < -0.4 is 4.74 Å². The van der Waals surface area contributed by atoms with Crippen LogP contribution in [0.5, 0.6) is 11.5 Å². The van der Waals surface area contributed by atoms with Gasteiger partial charge in [-0.15, -0.1) is 0 Å². The molecule has 5 nitrogen and oxygen atoms in total. The van der Waals surface area contributed by atoms with Crippen molar-refractivity contribution in [2.75, 3.05) is 26.2 Å². The molecule has 1 saturated heterocycles. The molecule has 0 bridgehead atoms. The highest BCUT2D eigenvalue weighted by Crippen LogP contribution is 2.42. The first-order valence-corrected chi connectivity index (χ1v) is 10.6. The smallest absolute Gasteiger partial charge is 0.416 e. The molecule has 170 valence electrons. The van der Waals surface area contributed by atoms with E-state index in [1.165, 1.54) is 6.07 Å². The number of rotatable bonds is 0. The van der Waals surface area contributed by atoms with E-state index in [4.69, 9.17) is 4.74 Å². The van der Waals surface area contributed by atoms with Gasteiger partial charge in [0.15, 0.2) is 5.75 Å². The van der Waals surface area contributed by atoms with E-state index < -0.39 is 17.2 Å². The highest BCUT2D eigenvalue weighted by Gasteiger charge is 2.34. The predicted octanol–water partition coefficient (Wildman–Crippen LogP) is 5.39. The molecule has 0 aromatic heterocycles. The van der Waals surface area contributed by atoms with Gasteiger partial charge in [0, 0.05) is 31.6 Å². The lowest BCUT2D eigenvalue weighted by Gasteiger charge is -2.39. The predicted molar refractivity (Wildman–Crippen MR) is 117 cm³/mol. The Labute approximate surface area is 185 Å². The molecule has 2 aromatic carbocycles. The Hall–Kier alpha value is -3.03. The summed E-state index contributed by atoms with van der Waals surface area (Å²) in [5, 5.41) is 0. The van der Waals surface area contributed by atoms with Crippen LogP contribution in [0.3, 0.4) is 0 Å². The Kier molecular flexibility index (Phi) is 5.43. The molecule has 0 aliphatic carbocycles. The van der Waals surface area contributed by atoms with Crippen LogP contribution in [0.15, 0.2) is 41.4 Å². The fraction of sp³-hybridized carbons (Fsp3) is 0.417. The molecule has 1 amide bonds. The second-order valence-electron chi connectivity index (χ2n) is 9.25. The molecule has 2 aromatic rings. The van der Waals surface area contributed by atoms with E-state index in [0.717, 1.165) is 23.3 Å². The lowest BCUT2D eigenvalue weighted by Crippen LogP contribution is -2.53. The van der Waals surface area contributed by atoms with Crippen molar-refractivity contribution in [2.45, 2.75) is 33.9 Å². The molecule has 4 rings (SSSR count). The third-order valence-electron chi connectivity index (χ3n) is 5.62. The van der Waals surface area contributed by atoms with Gasteiger partial charge >= 0.3 is 6.18 Å². The number of hydrogen-bond donors (Lipinski definition) is 0. The molecule has 32 heavy (non-hydrogen) atoms. The van der Waals surface area contributed by atoms with Gasteiger partial charge in [-0.05, 0) is 37.3 Å². The van der Waals surface area contributed by atoms with E-state index in [9.17, 15) is 18.0 Å². The third-order valence-corrected chi connectivity index (χ3v) is 5.62. The number of hydrogen-bond acceptors (Lipinski definition) is 4. The van der Waals surface area contributed by atoms with Gasteiger partial charge in [0.1, 0.15) is 17.3 Å². The number of aliphatic imine (C=N–C) groups is 1. The molecule has 8 heteroatoms. The summed E-state index contributed by atoms with van der Waals surface area (Å²) in [5.74, 6) is 1.46. The number of amidine groups is 1. The summed E-state index contributed by atoms with van der Waals surface area (Å²) in [6.45, 7) is 9.72. The topological polar surface area (TPSA) is 45.1 Å². The van der Waals surface area contributed by atoms with Crippen molar-refractivity contribution in [1.82, 2.24) is 9.80 Å². The van der Waals surface area contributed by atoms with Crippen molar-refractivity contribution in [3.63, 3.8) is 0 Å². The summed E-state index contributed by atoms with van der Waals surface area (Å²) in [6.07, 6.45) is -4.47. The maximum absolute atomic E-state index is 13.3. The molecule has 2 aliphatic heterocycles. The Morgan fingerprint density at radius 1 is 0.969 bits per heavy atom. The van der Waals surface area contributed by atoms with Crippen LogP contribution in [0, 0.1) is 12.3 Å². The number of nitrogens with zero attached hydrogens (tertiary/aromatic N) is 3. The average molecular weight is 445 g/mol. The van der Waals surface area contributed by atoms with Crippen LogP contribution in [0.2, 0.25) is 0 Å². The number of piperazine rings is 1. The molecule has 0 radical (unpaired) electrons. The molecule has 2 heterocycles. The summed E-state index contributed by atoms with van der Waals surface area (Å²) in [6, 6.07) is 8.97. The van der Waals surface area contributed by atoms with Crippen LogP contribution in [0.1, 0.15) is 37.5 Å². The maximum atomic E-state index is 13.3. The minimum Gasteiger partial charge on any atom is -0.454 e. The zero-order valence-corrected chi connectivity index (χ0v) is 18.6. The van der Waals surface area contributed by atoms with Crippen molar-refractivity contribution in [3.8, 4) is 11.5 Å². The molecular weight excluding hydrogens is 419 g/mol. The summed E-state index contributed by atoms with van der Waals surface area (Å²) in [7, 11) is 0. The Bertz CT molecular complexity index is 1080. The second kappa shape index (κ2) is 7.83. The lowest BCUT2D eigenvalue weighted by atomic mass is 9.94. The fourth-order valence-corrected chi connectivity index (χ4v) is 3.90. The number of ether oxygens (including phenoxy) is 1. The summed E-state index contributed by atoms with van der Waals surface area (Å²) < 4.78 is 45.9. The van der Waals surface area contributed by atoms with E-state index in [2.05, 4.69) is 4.99 Å². The molecule has 0 atom stereocenters. The van der Waals surface area contributed by atoms with Gasteiger partial charge in [0.25, 0.3) is 0 Å². The minimum atomic E-state index is -4.47.